The third-order valence-electron chi connectivity index (χ3n) is 5.16. The van der Waals surface area contributed by atoms with Crippen LogP contribution in [0.3, 0.4) is 0 Å². The Balaban J connectivity index is 3.60. The van der Waals surface area contributed by atoms with Crippen molar-refractivity contribution in [3.63, 3.8) is 0 Å². The van der Waals surface area contributed by atoms with Crippen molar-refractivity contribution in [1.82, 2.24) is 0 Å². The molecule has 0 radical (unpaired) electrons. The van der Waals surface area contributed by atoms with E-state index in [-0.39, 0.29) is 13.0 Å². The fraction of sp³-hybridized carbons (Fsp3) is 0.760. The number of ether oxygens (including phenoxy) is 1. The van der Waals surface area contributed by atoms with Crippen LogP contribution < -0.4 is 0 Å². The first-order valence-electron chi connectivity index (χ1n) is 11.8. The molecule has 0 aromatic carbocycles. The second-order valence-electron chi connectivity index (χ2n) is 7.94. The zero-order valence-electron chi connectivity index (χ0n) is 18.7. The summed E-state index contributed by atoms with van der Waals surface area (Å²) in [6, 6.07) is 0. The van der Waals surface area contributed by atoms with Crippen molar-refractivity contribution in [3.05, 3.63) is 24.8 Å². The fourth-order valence-electron chi connectivity index (χ4n) is 3.42. The van der Waals surface area contributed by atoms with Gasteiger partial charge in [-0.25, -0.2) is 0 Å². The Hall–Kier alpha value is -1.58. The van der Waals surface area contributed by atoms with Gasteiger partial charge in [0.05, 0.1) is 12.3 Å². The van der Waals surface area contributed by atoms with Crippen LogP contribution in [0, 0.1) is 5.92 Å². The van der Waals surface area contributed by atoms with Gasteiger partial charge in [-0.3, -0.25) is 9.59 Å². The van der Waals surface area contributed by atoms with Gasteiger partial charge in [-0.05, 0) is 32.1 Å². The Labute approximate surface area is 178 Å². The van der Waals surface area contributed by atoms with Crippen LogP contribution in [0.1, 0.15) is 110 Å². The molecule has 0 fully saturated rings. The standard InChI is InChI=1S/C25H44O4/c1-3-5-6-7-8-9-10-11-12-13-14-15-16-17-18-19-20-23(22-24(26)27)25(28)29-21-4-2/h4,16-17,23H,2-3,5-15,18-22H2,1H3,(H,26,27)/b17-16+. The van der Waals surface area contributed by atoms with E-state index in [1.807, 2.05) is 0 Å². The summed E-state index contributed by atoms with van der Waals surface area (Å²) in [5.74, 6) is -1.96. The molecule has 0 saturated heterocycles. The van der Waals surface area contributed by atoms with E-state index in [4.69, 9.17) is 9.84 Å². The lowest BCUT2D eigenvalue weighted by atomic mass is 9.98. The second-order valence-corrected chi connectivity index (χ2v) is 7.94. The molecule has 1 N–H and O–H groups in total. The molecule has 0 aromatic rings. The van der Waals surface area contributed by atoms with Gasteiger partial charge in [-0.2, -0.15) is 0 Å². The van der Waals surface area contributed by atoms with Crippen LogP contribution in [-0.2, 0) is 14.3 Å². The predicted molar refractivity (Wildman–Crippen MR) is 121 cm³/mol. The third-order valence-corrected chi connectivity index (χ3v) is 5.16. The molecule has 0 bridgehead atoms. The Bertz CT molecular complexity index is 442. The molecule has 168 valence electrons. The number of allylic oxidation sites excluding steroid dienone is 2. The molecule has 4 heteroatoms. The first-order valence-corrected chi connectivity index (χ1v) is 11.8. The molecule has 0 amide bonds. The molecule has 29 heavy (non-hydrogen) atoms. The van der Waals surface area contributed by atoms with E-state index in [1.165, 1.54) is 76.7 Å². The van der Waals surface area contributed by atoms with E-state index >= 15 is 0 Å². The average Bonchev–Trinajstić information content (AvgIpc) is 2.70. The third kappa shape index (κ3) is 19.5. The molecule has 0 aliphatic heterocycles. The van der Waals surface area contributed by atoms with Gasteiger partial charge in [0, 0.05) is 0 Å². The summed E-state index contributed by atoms with van der Waals surface area (Å²) in [6.07, 6.45) is 24.0. The number of rotatable bonds is 21. The zero-order chi connectivity index (χ0) is 21.6. The van der Waals surface area contributed by atoms with E-state index in [0.717, 1.165) is 19.3 Å². The van der Waals surface area contributed by atoms with Crippen LogP contribution >= 0.6 is 0 Å². The van der Waals surface area contributed by atoms with Crippen LogP contribution in [0.5, 0.6) is 0 Å². The van der Waals surface area contributed by atoms with Crippen molar-refractivity contribution in [2.45, 2.75) is 110 Å². The Morgan fingerprint density at radius 2 is 1.38 bits per heavy atom. The second kappa shape index (κ2) is 21.1. The van der Waals surface area contributed by atoms with E-state index in [2.05, 4.69) is 25.7 Å². The molecular weight excluding hydrogens is 364 g/mol. The van der Waals surface area contributed by atoms with E-state index in [1.54, 1.807) is 0 Å². The summed E-state index contributed by atoms with van der Waals surface area (Å²) in [5, 5.41) is 8.95. The van der Waals surface area contributed by atoms with Crippen molar-refractivity contribution in [3.8, 4) is 0 Å². The molecular formula is C25H44O4. The van der Waals surface area contributed by atoms with Gasteiger partial charge in [0.2, 0.25) is 0 Å². The summed E-state index contributed by atoms with van der Waals surface area (Å²) in [6.45, 7) is 5.89. The Morgan fingerprint density at radius 1 is 0.862 bits per heavy atom. The van der Waals surface area contributed by atoms with E-state index in [9.17, 15) is 9.59 Å². The lowest BCUT2D eigenvalue weighted by Crippen LogP contribution is -2.21. The van der Waals surface area contributed by atoms with Gasteiger partial charge in [0.25, 0.3) is 0 Å². The number of hydrogen-bond acceptors (Lipinski definition) is 3. The molecule has 0 spiro atoms. The van der Waals surface area contributed by atoms with Crippen molar-refractivity contribution in [2.75, 3.05) is 6.61 Å². The van der Waals surface area contributed by atoms with Crippen LogP contribution in [0.2, 0.25) is 0 Å². The minimum absolute atomic E-state index is 0.133. The first-order chi connectivity index (χ1) is 14.1. The minimum atomic E-state index is -0.961. The number of esters is 1. The van der Waals surface area contributed by atoms with Crippen LogP contribution in [-0.4, -0.2) is 23.7 Å². The maximum Gasteiger partial charge on any atom is 0.309 e. The zero-order valence-corrected chi connectivity index (χ0v) is 18.7. The molecule has 0 heterocycles. The van der Waals surface area contributed by atoms with Gasteiger partial charge >= 0.3 is 11.9 Å². The first kappa shape index (κ1) is 27.4. The van der Waals surface area contributed by atoms with Crippen molar-refractivity contribution in [1.29, 1.82) is 0 Å². The maximum atomic E-state index is 11.9. The number of carboxylic acids is 1. The monoisotopic (exact) mass is 408 g/mol. The Morgan fingerprint density at radius 3 is 1.90 bits per heavy atom. The van der Waals surface area contributed by atoms with E-state index in [0.29, 0.717) is 6.42 Å². The lowest BCUT2D eigenvalue weighted by molar-refractivity contribution is -0.152. The van der Waals surface area contributed by atoms with E-state index < -0.39 is 17.9 Å². The summed E-state index contributed by atoms with van der Waals surface area (Å²) in [7, 11) is 0. The molecule has 4 nitrogen and oxygen atoms in total. The highest BCUT2D eigenvalue weighted by Crippen LogP contribution is 2.16. The summed E-state index contributed by atoms with van der Waals surface area (Å²) in [5.41, 5.74) is 0. The smallest absolute Gasteiger partial charge is 0.309 e. The van der Waals surface area contributed by atoms with Gasteiger partial charge < -0.3 is 9.84 Å². The summed E-state index contributed by atoms with van der Waals surface area (Å²) < 4.78 is 5.00. The number of hydrogen-bond donors (Lipinski definition) is 1. The summed E-state index contributed by atoms with van der Waals surface area (Å²) in [4.78, 5) is 22.8. The van der Waals surface area contributed by atoms with Gasteiger partial charge in [-0.15, -0.1) is 0 Å². The number of unbranched alkanes of at least 4 members (excludes halogenated alkanes) is 12. The maximum absolute atomic E-state index is 11.9. The number of carbonyl (C=O) groups is 2. The number of carboxylic acid groups (broad SMARTS) is 1. The van der Waals surface area contributed by atoms with Crippen LogP contribution in [0.25, 0.3) is 0 Å². The van der Waals surface area contributed by atoms with Crippen LogP contribution in [0.15, 0.2) is 24.8 Å². The topological polar surface area (TPSA) is 63.6 Å². The van der Waals surface area contributed by atoms with Gasteiger partial charge in [0.15, 0.2) is 0 Å². The lowest BCUT2D eigenvalue weighted by Gasteiger charge is -2.12. The molecule has 1 atom stereocenters. The molecule has 0 saturated carbocycles. The molecule has 0 rings (SSSR count). The van der Waals surface area contributed by atoms with Gasteiger partial charge in [0.1, 0.15) is 6.61 Å². The van der Waals surface area contributed by atoms with Gasteiger partial charge in [-0.1, -0.05) is 95.9 Å². The quantitative estimate of drug-likeness (QED) is 0.124. The normalized spacial score (nSPS) is 12.2. The van der Waals surface area contributed by atoms with Crippen molar-refractivity contribution in [2.24, 2.45) is 5.92 Å². The largest absolute Gasteiger partial charge is 0.481 e. The predicted octanol–water partition coefficient (Wildman–Crippen LogP) is 7.23. The number of carbonyl (C=O) groups excluding carboxylic acids is 1. The average molecular weight is 409 g/mol. The summed E-state index contributed by atoms with van der Waals surface area (Å²) >= 11 is 0. The van der Waals surface area contributed by atoms with Crippen molar-refractivity contribution < 1.29 is 19.4 Å². The molecule has 0 aromatic heterocycles. The Kier molecular flexibility index (Phi) is 20.0. The minimum Gasteiger partial charge on any atom is -0.481 e. The molecule has 1 unspecified atom stereocenters. The highest BCUT2D eigenvalue weighted by Gasteiger charge is 2.22. The van der Waals surface area contributed by atoms with Crippen molar-refractivity contribution >= 4 is 11.9 Å². The number of aliphatic carboxylic acids is 1. The highest BCUT2D eigenvalue weighted by molar-refractivity contribution is 5.79. The van der Waals surface area contributed by atoms with Crippen LogP contribution in [0.4, 0.5) is 0 Å². The highest BCUT2D eigenvalue weighted by atomic mass is 16.5. The molecule has 0 aliphatic rings. The fourth-order valence-corrected chi connectivity index (χ4v) is 3.42. The molecule has 0 aliphatic carbocycles. The SMILES string of the molecule is C=CCOC(=O)C(CCC/C=C/CCCCCCCCCCCCC)CC(=O)O.